The van der Waals surface area contributed by atoms with E-state index in [4.69, 9.17) is 24.4 Å². The van der Waals surface area contributed by atoms with Gasteiger partial charge in [0.1, 0.15) is 24.2 Å². The number of benzene rings is 3. The first-order chi connectivity index (χ1) is 23.2. The summed E-state index contributed by atoms with van der Waals surface area (Å²) in [5, 5.41) is 21.1. The molecule has 4 rings (SSSR count). The number of ether oxygens (including phenoxy) is 2. The van der Waals surface area contributed by atoms with Crippen molar-refractivity contribution in [2.24, 2.45) is 0 Å². The van der Waals surface area contributed by atoms with Gasteiger partial charge in [-0.15, -0.1) is 0 Å². The third-order valence-corrected chi connectivity index (χ3v) is 8.19. The molecule has 7 heteroatoms. The highest BCUT2D eigenvalue weighted by molar-refractivity contribution is 5.72. The van der Waals surface area contributed by atoms with Gasteiger partial charge in [0.05, 0.1) is 12.2 Å². The van der Waals surface area contributed by atoms with E-state index in [1.54, 1.807) is 12.1 Å². The van der Waals surface area contributed by atoms with Gasteiger partial charge in [-0.05, 0) is 57.4 Å². The van der Waals surface area contributed by atoms with Gasteiger partial charge >= 0.3 is 0 Å². The van der Waals surface area contributed by atoms with Crippen LogP contribution in [0, 0.1) is 27.7 Å². The number of aryl methyl sites for hydroxylation is 4. The number of aliphatic hydroxyl groups excluding tert-OH is 1. The van der Waals surface area contributed by atoms with Crippen molar-refractivity contribution in [3.63, 3.8) is 0 Å². The van der Waals surface area contributed by atoms with Gasteiger partial charge in [0, 0.05) is 23.8 Å². The highest BCUT2D eigenvalue weighted by Crippen LogP contribution is 2.34. The van der Waals surface area contributed by atoms with Crippen LogP contribution in [0.5, 0.6) is 11.5 Å². The third-order valence-electron chi connectivity index (χ3n) is 8.19. The molecule has 0 aliphatic heterocycles. The molecule has 4 aromatic rings. The second-order valence-corrected chi connectivity index (χ2v) is 12.8. The fourth-order valence-corrected chi connectivity index (χ4v) is 5.39. The van der Waals surface area contributed by atoms with E-state index in [0.29, 0.717) is 35.4 Å². The van der Waals surface area contributed by atoms with Crippen LogP contribution in [-0.4, -0.2) is 51.1 Å². The molecule has 0 fully saturated rings. The maximum Gasteiger partial charge on any atom is 0.167 e. The Balaban J connectivity index is 0.000000609. The quantitative estimate of drug-likeness (QED) is 0.109. The van der Waals surface area contributed by atoms with Crippen molar-refractivity contribution in [2.45, 2.75) is 112 Å². The van der Waals surface area contributed by atoms with Crippen LogP contribution >= 0.6 is 0 Å². The maximum atomic E-state index is 10.9. The highest BCUT2D eigenvalue weighted by Gasteiger charge is 2.17. The average molecular weight is 656 g/mol. The molecule has 0 aliphatic rings. The lowest BCUT2D eigenvalue weighted by Gasteiger charge is -2.14. The van der Waals surface area contributed by atoms with Crippen LogP contribution in [0.3, 0.4) is 0 Å². The van der Waals surface area contributed by atoms with E-state index < -0.39 is 6.10 Å². The first-order valence-electron chi connectivity index (χ1n) is 17.8. The summed E-state index contributed by atoms with van der Waals surface area (Å²) < 4.78 is 11.1. The van der Waals surface area contributed by atoms with Crippen molar-refractivity contribution in [3.8, 4) is 45.7 Å². The van der Waals surface area contributed by atoms with Crippen LogP contribution < -0.4 is 4.74 Å². The molecule has 48 heavy (non-hydrogen) atoms. The minimum Gasteiger partial charge on any atom is -0.507 e. The molecule has 0 saturated heterocycles. The van der Waals surface area contributed by atoms with Crippen LogP contribution in [0.1, 0.15) is 101 Å². The molecule has 1 aromatic heterocycles. The van der Waals surface area contributed by atoms with Gasteiger partial charge in [-0.3, -0.25) is 0 Å². The van der Waals surface area contributed by atoms with Gasteiger partial charge < -0.3 is 19.7 Å². The zero-order valence-corrected chi connectivity index (χ0v) is 30.3. The lowest BCUT2D eigenvalue weighted by Crippen LogP contribution is -2.23. The zero-order chi connectivity index (χ0) is 34.9. The Hall–Kier alpha value is -3.81. The minimum atomic E-state index is -0.757. The number of aromatic nitrogens is 3. The van der Waals surface area contributed by atoms with E-state index in [1.807, 2.05) is 38.1 Å². The molecule has 1 atom stereocenters. The number of aromatic hydroxyl groups is 1. The van der Waals surface area contributed by atoms with E-state index in [1.165, 1.54) is 51.0 Å². The zero-order valence-electron chi connectivity index (χ0n) is 30.3. The first-order valence-corrected chi connectivity index (χ1v) is 17.8. The standard InChI is InChI=1S/C32H37N3O4.C9H20/c1-6-7-14-38-18-24(36)19-39-25-10-13-28(29(37)17-25)32-34-30(26-11-8-20(2)15-22(26)4)33-31(35-32)27-12-9-21(3)16-23(27)5;1-3-5-7-9-8-6-4-2/h8-13,15-17,24,36-37H,6-7,14,18-19H2,1-5H3;3-9H2,1-2H3. The molecular weight excluding hydrogens is 598 g/mol. The normalized spacial score (nSPS) is 11.6. The Morgan fingerprint density at radius 2 is 1.06 bits per heavy atom. The van der Waals surface area contributed by atoms with Gasteiger partial charge in [-0.1, -0.05) is 120 Å². The fourth-order valence-electron chi connectivity index (χ4n) is 5.39. The van der Waals surface area contributed by atoms with E-state index >= 15 is 0 Å². The molecule has 0 amide bonds. The van der Waals surface area contributed by atoms with Crippen LogP contribution in [0.15, 0.2) is 54.6 Å². The number of phenolic OH excluding ortho intramolecular Hbond substituents is 1. The second kappa shape index (κ2) is 20.5. The summed E-state index contributed by atoms with van der Waals surface area (Å²) in [4.78, 5) is 14.4. The fraction of sp³-hybridized carbons (Fsp3) is 0.488. The van der Waals surface area contributed by atoms with Crippen molar-refractivity contribution >= 4 is 0 Å². The van der Waals surface area contributed by atoms with Crippen molar-refractivity contribution in [1.82, 2.24) is 15.0 Å². The molecule has 1 unspecified atom stereocenters. The van der Waals surface area contributed by atoms with Gasteiger partial charge in [-0.25, -0.2) is 15.0 Å². The summed E-state index contributed by atoms with van der Waals surface area (Å²) in [6.45, 7) is 15.7. The number of hydrogen-bond acceptors (Lipinski definition) is 7. The maximum absolute atomic E-state index is 10.9. The smallest absolute Gasteiger partial charge is 0.167 e. The molecule has 7 nitrogen and oxygen atoms in total. The van der Waals surface area contributed by atoms with Crippen LogP contribution in [0.2, 0.25) is 0 Å². The SMILES string of the molecule is CCCCCCCCC.CCCCOCC(O)COc1ccc(-c2nc(-c3ccc(C)cc3C)nc(-c3ccc(C)cc3C)n2)c(O)c1. The topological polar surface area (TPSA) is 97.6 Å². The van der Waals surface area contributed by atoms with Crippen LogP contribution in [-0.2, 0) is 4.74 Å². The predicted octanol–water partition coefficient (Wildman–Crippen LogP) is 10.1. The number of hydrogen-bond donors (Lipinski definition) is 2. The van der Waals surface area contributed by atoms with Crippen LogP contribution in [0.25, 0.3) is 34.2 Å². The van der Waals surface area contributed by atoms with E-state index in [2.05, 4.69) is 46.8 Å². The van der Waals surface area contributed by atoms with Crippen LogP contribution in [0.4, 0.5) is 0 Å². The summed E-state index contributed by atoms with van der Waals surface area (Å²) in [7, 11) is 0. The molecule has 260 valence electrons. The van der Waals surface area contributed by atoms with E-state index in [0.717, 1.165) is 46.2 Å². The van der Waals surface area contributed by atoms with Crippen molar-refractivity contribution in [1.29, 1.82) is 0 Å². The van der Waals surface area contributed by atoms with Crippen molar-refractivity contribution in [3.05, 3.63) is 76.9 Å². The summed E-state index contributed by atoms with van der Waals surface area (Å²) in [6, 6.07) is 17.3. The minimum absolute atomic E-state index is 0.0226. The molecule has 0 spiro atoms. The Morgan fingerprint density at radius 3 is 1.54 bits per heavy atom. The molecule has 0 aliphatic carbocycles. The van der Waals surface area contributed by atoms with Gasteiger partial charge in [0.2, 0.25) is 0 Å². The molecule has 1 heterocycles. The number of nitrogens with zero attached hydrogens (tertiary/aromatic N) is 3. The molecule has 0 saturated carbocycles. The molecule has 0 bridgehead atoms. The lowest BCUT2D eigenvalue weighted by atomic mass is 10.0. The van der Waals surface area contributed by atoms with Crippen molar-refractivity contribution in [2.75, 3.05) is 19.8 Å². The predicted molar refractivity (Wildman–Crippen MR) is 198 cm³/mol. The summed E-state index contributed by atoms with van der Waals surface area (Å²) >= 11 is 0. The Kier molecular flexibility index (Phi) is 16.5. The number of rotatable bonds is 17. The van der Waals surface area contributed by atoms with E-state index in [9.17, 15) is 10.2 Å². The summed E-state index contributed by atoms with van der Waals surface area (Å²) in [6.07, 6.45) is 11.2. The van der Waals surface area contributed by atoms with E-state index in [-0.39, 0.29) is 19.0 Å². The summed E-state index contributed by atoms with van der Waals surface area (Å²) in [5.74, 6) is 1.85. The first kappa shape index (κ1) is 38.6. The molecular formula is C41H57N3O4. The summed E-state index contributed by atoms with van der Waals surface area (Å²) in [5.41, 5.74) is 6.71. The highest BCUT2D eigenvalue weighted by atomic mass is 16.5. The molecule has 3 aromatic carbocycles. The Labute approximate surface area is 288 Å². The monoisotopic (exact) mass is 655 g/mol. The second-order valence-electron chi connectivity index (χ2n) is 12.8. The number of unbranched alkanes of at least 4 members (excludes halogenated alkanes) is 7. The Morgan fingerprint density at radius 1 is 0.583 bits per heavy atom. The lowest BCUT2D eigenvalue weighted by molar-refractivity contribution is 0.0113. The Bertz CT molecular complexity index is 1480. The van der Waals surface area contributed by atoms with Gasteiger partial charge in [0.15, 0.2) is 17.5 Å². The van der Waals surface area contributed by atoms with Gasteiger partial charge in [-0.2, -0.15) is 0 Å². The molecule has 2 N–H and O–H groups in total. The number of aliphatic hydroxyl groups is 1. The average Bonchev–Trinajstić information content (AvgIpc) is 3.06. The number of phenols is 1. The largest absolute Gasteiger partial charge is 0.507 e. The van der Waals surface area contributed by atoms with Gasteiger partial charge in [0.25, 0.3) is 0 Å². The van der Waals surface area contributed by atoms with Crippen molar-refractivity contribution < 1.29 is 19.7 Å². The molecule has 0 radical (unpaired) electrons. The third kappa shape index (κ3) is 12.3.